The molecule has 0 heterocycles. The normalized spacial score (nSPS) is 13.5. The van der Waals surface area contributed by atoms with Crippen LogP contribution in [0.15, 0.2) is 16.6 Å². The van der Waals surface area contributed by atoms with Crippen molar-refractivity contribution in [2.24, 2.45) is 0 Å². The molecule has 0 spiro atoms. The summed E-state index contributed by atoms with van der Waals surface area (Å²) in [6, 6.07) is 1.61. The molecule has 1 aromatic rings. The van der Waals surface area contributed by atoms with E-state index in [2.05, 4.69) is 21.2 Å². The van der Waals surface area contributed by atoms with Gasteiger partial charge in [0, 0.05) is 11.0 Å². The van der Waals surface area contributed by atoms with E-state index in [1.165, 1.54) is 0 Å². The summed E-state index contributed by atoms with van der Waals surface area (Å²) in [5.41, 5.74) is -1.93. The molecule has 0 aromatic heterocycles. The lowest BCUT2D eigenvalue weighted by molar-refractivity contribution is -0.137. The van der Waals surface area contributed by atoms with Crippen molar-refractivity contribution in [1.82, 2.24) is 0 Å². The van der Waals surface area contributed by atoms with Gasteiger partial charge in [0.25, 0.3) is 0 Å². The zero-order valence-electron chi connectivity index (χ0n) is 8.93. The van der Waals surface area contributed by atoms with Crippen LogP contribution in [0.2, 0.25) is 0 Å². The number of nitrogens with one attached hydrogen (secondary N) is 1. The monoisotopic (exact) mass is 331 g/mol. The van der Waals surface area contributed by atoms with E-state index in [4.69, 9.17) is 10.2 Å². The highest BCUT2D eigenvalue weighted by Crippen LogP contribution is 2.38. The molecule has 1 atom stereocenters. The number of aliphatic hydroxyl groups excluding tert-OH is 2. The fourth-order valence-electron chi connectivity index (χ4n) is 1.26. The molecule has 3 N–H and O–H groups in total. The van der Waals surface area contributed by atoms with Gasteiger partial charge in [-0.3, -0.25) is 0 Å². The summed E-state index contributed by atoms with van der Waals surface area (Å²) in [6.45, 7) is -1.02. The Hall–Kier alpha value is -0.860. The van der Waals surface area contributed by atoms with E-state index < -0.39 is 42.5 Å². The van der Waals surface area contributed by atoms with Crippen molar-refractivity contribution in [2.45, 2.75) is 12.3 Å². The standard InChI is InChI=1S/C10H10BrF4NO2/c11-5-1-7(10(13,14)15)9(8(12)2-5)16-3-6(18)4-17/h1-2,6,16-18H,3-4H2. The number of aliphatic hydroxyl groups is 2. The predicted octanol–water partition coefficient (Wildman–Crippen LogP) is 2.37. The average molecular weight is 332 g/mol. The first-order valence-corrected chi connectivity index (χ1v) is 5.64. The van der Waals surface area contributed by atoms with Crippen molar-refractivity contribution in [3.05, 3.63) is 28.0 Å². The Morgan fingerprint density at radius 2 is 1.94 bits per heavy atom. The molecule has 1 rings (SSSR count). The molecule has 0 amide bonds. The Bertz CT molecular complexity index is 425. The number of halogens is 5. The molecule has 0 radical (unpaired) electrons. The lowest BCUT2D eigenvalue weighted by atomic mass is 10.1. The number of hydrogen-bond donors (Lipinski definition) is 3. The molecule has 1 aromatic carbocycles. The molecule has 0 aliphatic rings. The molecular formula is C10H10BrF4NO2. The number of alkyl halides is 3. The van der Waals surface area contributed by atoms with Gasteiger partial charge in [-0.05, 0) is 12.1 Å². The van der Waals surface area contributed by atoms with Gasteiger partial charge in [-0.1, -0.05) is 15.9 Å². The summed E-state index contributed by atoms with van der Waals surface area (Å²) in [7, 11) is 0. The van der Waals surface area contributed by atoms with E-state index in [0.717, 1.165) is 12.1 Å². The summed E-state index contributed by atoms with van der Waals surface area (Å²) < 4.78 is 51.4. The molecule has 0 aliphatic carbocycles. The zero-order chi connectivity index (χ0) is 13.9. The zero-order valence-corrected chi connectivity index (χ0v) is 10.5. The maximum Gasteiger partial charge on any atom is 0.418 e. The van der Waals surface area contributed by atoms with E-state index in [-0.39, 0.29) is 4.47 Å². The smallest absolute Gasteiger partial charge is 0.394 e. The van der Waals surface area contributed by atoms with Crippen molar-refractivity contribution in [3.8, 4) is 0 Å². The number of rotatable bonds is 4. The number of anilines is 1. The Morgan fingerprint density at radius 1 is 1.33 bits per heavy atom. The summed E-state index contributed by atoms with van der Waals surface area (Å²) in [6.07, 6.45) is -5.99. The highest BCUT2D eigenvalue weighted by atomic mass is 79.9. The van der Waals surface area contributed by atoms with Crippen LogP contribution >= 0.6 is 15.9 Å². The second-order valence-electron chi connectivity index (χ2n) is 3.53. The first-order valence-electron chi connectivity index (χ1n) is 4.84. The van der Waals surface area contributed by atoms with Crippen molar-refractivity contribution >= 4 is 21.6 Å². The third-order valence-electron chi connectivity index (χ3n) is 2.09. The predicted molar refractivity (Wildman–Crippen MR) is 60.7 cm³/mol. The fraction of sp³-hybridized carbons (Fsp3) is 0.400. The van der Waals surface area contributed by atoms with Crippen molar-refractivity contribution in [2.75, 3.05) is 18.5 Å². The van der Waals surface area contributed by atoms with Crippen LogP contribution in [-0.2, 0) is 6.18 Å². The van der Waals surface area contributed by atoms with Crippen LogP contribution in [0.1, 0.15) is 5.56 Å². The van der Waals surface area contributed by atoms with E-state index in [0.29, 0.717) is 0 Å². The summed E-state index contributed by atoms with van der Waals surface area (Å²) in [4.78, 5) is 0. The van der Waals surface area contributed by atoms with Crippen molar-refractivity contribution in [1.29, 1.82) is 0 Å². The number of hydrogen-bond acceptors (Lipinski definition) is 3. The minimum Gasteiger partial charge on any atom is -0.394 e. The van der Waals surface area contributed by atoms with E-state index >= 15 is 0 Å². The van der Waals surface area contributed by atoms with Crippen LogP contribution in [0.5, 0.6) is 0 Å². The quantitative estimate of drug-likeness (QED) is 0.742. The lowest BCUT2D eigenvalue weighted by Gasteiger charge is -2.17. The van der Waals surface area contributed by atoms with Crippen LogP contribution in [-0.4, -0.2) is 29.5 Å². The molecule has 0 fully saturated rings. The second-order valence-corrected chi connectivity index (χ2v) is 4.44. The maximum atomic E-state index is 13.5. The van der Waals surface area contributed by atoms with Crippen LogP contribution in [0.4, 0.5) is 23.2 Å². The second kappa shape index (κ2) is 5.85. The topological polar surface area (TPSA) is 52.5 Å². The van der Waals surface area contributed by atoms with Gasteiger partial charge >= 0.3 is 6.18 Å². The summed E-state index contributed by atoms with van der Waals surface area (Å²) >= 11 is 2.78. The first kappa shape index (κ1) is 15.2. The molecule has 3 nitrogen and oxygen atoms in total. The molecule has 0 saturated heterocycles. The van der Waals surface area contributed by atoms with Gasteiger partial charge in [-0.2, -0.15) is 13.2 Å². The van der Waals surface area contributed by atoms with Crippen LogP contribution in [0.25, 0.3) is 0 Å². The Labute approximate surface area is 109 Å². The maximum absolute atomic E-state index is 13.5. The minimum atomic E-state index is -4.73. The van der Waals surface area contributed by atoms with Crippen LogP contribution in [0.3, 0.4) is 0 Å². The van der Waals surface area contributed by atoms with Crippen LogP contribution in [0, 0.1) is 5.82 Å². The molecule has 0 saturated carbocycles. The largest absolute Gasteiger partial charge is 0.418 e. The Kier molecular flexibility index (Phi) is 4.94. The third-order valence-corrected chi connectivity index (χ3v) is 2.54. The Morgan fingerprint density at radius 3 is 2.44 bits per heavy atom. The van der Waals surface area contributed by atoms with Gasteiger partial charge in [0.15, 0.2) is 0 Å². The SMILES string of the molecule is OCC(O)CNc1c(F)cc(Br)cc1C(F)(F)F. The molecule has 8 heteroatoms. The van der Waals surface area contributed by atoms with E-state index in [1.54, 1.807) is 0 Å². The molecule has 1 unspecified atom stereocenters. The van der Waals surface area contributed by atoms with Gasteiger partial charge in [-0.25, -0.2) is 4.39 Å². The summed E-state index contributed by atoms with van der Waals surface area (Å²) in [5, 5.41) is 19.7. The lowest BCUT2D eigenvalue weighted by Crippen LogP contribution is -2.24. The van der Waals surface area contributed by atoms with Gasteiger partial charge in [0.2, 0.25) is 0 Å². The van der Waals surface area contributed by atoms with Crippen LogP contribution < -0.4 is 5.32 Å². The molecular weight excluding hydrogens is 322 g/mol. The molecule has 18 heavy (non-hydrogen) atoms. The van der Waals surface area contributed by atoms with Gasteiger partial charge in [0.05, 0.1) is 24.0 Å². The van der Waals surface area contributed by atoms with E-state index in [9.17, 15) is 17.6 Å². The van der Waals surface area contributed by atoms with Crippen molar-refractivity contribution < 1.29 is 27.8 Å². The fourth-order valence-corrected chi connectivity index (χ4v) is 1.69. The number of benzene rings is 1. The first-order chi connectivity index (χ1) is 8.25. The third kappa shape index (κ3) is 3.82. The highest BCUT2D eigenvalue weighted by Gasteiger charge is 2.35. The van der Waals surface area contributed by atoms with Gasteiger partial charge in [0.1, 0.15) is 5.82 Å². The van der Waals surface area contributed by atoms with E-state index in [1.807, 2.05) is 0 Å². The van der Waals surface area contributed by atoms with Gasteiger partial charge < -0.3 is 15.5 Å². The summed E-state index contributed by atoms with van der Waals surface area (Å²) in [5.74, 6) is -1.10. The highest BCUT2D eigenvalue weighted by molar-refractivity contribution is 9.10. The minimum absolute atomic E-state index is 0.0411. The molecule has 0 bridgehead atoms. The Balaban J connectivity index is 3.08. The molecule has 102 valence electrons. The average Bonchev–Trinajstić information content (AvgIpc) is 2.25. The van der Waals surface area contributed by atoms with Gasteiger partial charge in [-0.15, -0.1) is 0 Å². The van der Waals surface area contributed by atoms with Crippen molar-refractivity contribution in [3.63, 3.8) is 0 Å². The molecule has 0 aliphatic heterocycles.